The molecule has 14 nitrogen and oxygen atoms in total. The van der Waals surface area contributed by atoms with Crippen LogP contribution in [0.2, 0.25) is 0 Å². The first kappa shape index (κ1) is 31.3. The lowest BCUT2D eigenvalue weighted by Gasteiger charge is -2.42. The second kappa shape index (κ2) is 12.4. The van der Waals surface area contributed by atoms with Crippen LogP contribution in [0.15, 0.2) is 30.3 Å². The first-order chi connectivity index (χ1) is 20.5. The molecule has 2 saturated heterocycles. The molecule has 3 aromatic carbocycles. The summed E-state index contributed by atoms with van der Waals surface area (Å²) in [6, 6.07) is 8.49. The molecule has 5 rings (SSSR count). The number of methoxy groups -OCH3 is 3. The Bertz CT molecular complexity index is 1450. The van der Waals surface area contributed by atoms with E-state index in [9.17, 15) is 35.7 Å². The van der Waals surface area contributed by atoms with Crippen molar-refractivity contribution in [3.63, 3.8) is 0 Å². The van der Waals surface area contributed by atoms with Crippen molar-refractivity contribution in [2.45, 2.75) is 68.3 Å². The van der Waals surface area contributed by atoms with E-state index in [1.54, 1.807) is 30.3 Å². The summed E-state index contributed by atoms with van der Waals surface area (Å²) < 4.78 is 39.1. The molecule has 0 bridgehead atoms. The highest BCUT2D eigenvalue weighted by Crippen LogP contribution is 2.48. The summed E-state index contributed by atoms with van der Waals surface area (Å²) in [5.74, 6) is 0.656. The van der Waals surface area contributed by atoms with E-state index >= 15 is 0 Å². The van der Waals surface area contributed by atoms with Crippen molar-refractivity contribution >= 4 is 21.5 Å². The van der Waals surface area contributed by atoms with Gasteiger partial charge in [-0.15, -0.1) is 0 Å². The smallest absolute Gasteiger partial charge is 0.229 e. The molecule has 2 aliphatic rings. The fourth-order valence-electron chi connectivity index (χ4n) is 5.46. The third kappa shape index (κ3) is 5.50. The minimum atomic E-state index is -1.70. The van der Waals surface area contributed by atoms with Crippen LogP contribution in [-0.2, 0) is 14.2 Å². The molecule has 236 valence electrons. The highest BCUT2D eigenvalue weighted by Gasteiger charge is 2.47. The van der Waals surface area contributed by atoms with Gasteiger partial charge < -0.3 is 68.9 Å². The van der Waals surface area contributed by atoms with Gasteiger partial charge in [-0.3, -0.25) is 0 Å². The van der Waals surface area contributed by atoms with Crippen LogP contribution in [0.5, 0.6) is 28.7 Å². The fourth-order valence-corrected chi connectivity index (χ4v) is 5.46. The standard InChI is InChI=1S/C29H36O14/c1-11-19(30)22(33)24(35)28(41-11)40-10-17-20(31)23(34)25(36)29(43-17)42-15-8-7-13-14(26(15)38-3)6-5-12-9-16(37-2)21(32)27(39-4)18(12)13/h5-9,11,17,19-20,22-25,28-36H,10H2,1-4H3. The summed E-state index contributed by atoms with van der Waals surface area (Å²) in [5.41, 5.74) is 0. The number of ether oxygens (including phenoxy) is 7. The molecular formula is C29H36O14. The Hall–Kier alpha value is -3.18. The van der Waals surface area contributed by atoms with Crippen molar-refractivity contribution in [3.8, 4) is 28.7 Å². The molecule has 0 radical (unpaired) electrons. The molecule has 0 aliphatic carbocycles. The van der Waals surface area contributed by atoms with Crippen molar-refractivity contribution < 1.29 is 68.9 Å². The molecule has 7 N–H and O–H groups in total. The van der Waals surface area contributed by atoms with Crippen LogP contribution < -0.4 is 18.9 Å². The highest BCUT2D eigenvalue weighted by atomic mass is 16.7. The van der Waals surface area contributed by atoms with Crippen molar-refractivity contribution in [2.24, 2.45) is 0 Å². The van der Waals surface area contributed by atoms with Gasteiger partial charge in [-0.2, -0.15) is 0 Å². The molecule has 0 aromatic heterocycles. The molecule has 2 fully saturated rings. The number of rotatable bonds is 8. The van der Waals surface area contributed by atoms with Gasteiger partial charge in [0.05, 0.1) is 34.0 Å². The molecule has 0 amide bonds. The Balaban J connectivity index is 1.41. The lowest BCUT2D eigenvalue weighted by molar-refractivity contribution is -0.318. The van der Waals surface area contributed by atoms with Crippen LogP contribution >= 0.6 is 0 Å². The number of hydrogen-bond acceptors (Lipinski definition) is 14. The maximum absolute atomic E-state index is 10.7. The maximum atomic E-state index is 10.7. The topological polar surface area (TPSA) is 206 Å². The number of benzene rings is 3. The summed E-state index contributed by atoms with van der Waals surface area (Å²) >= 11 is 0. The second-order valence-electron chi connectivity index (χ2n) is 10.5. The molecule has 43 heavy (non-hydrogen) atoms. The van der Waals surface area contributed by atoms with Gasteiger partial charge in [-0.25, -0.2) is 0 Å². The van der Waals surface area contributed by atoms with Gasteiger partial charge in [-0.1, -0.05) is 6.07 Å². The predicted molar refractivity (Wildman–Crippen MR) is 148 cm³/mol. The van der Waals surface area contributed by atoms with E-state index in [0.717, 1.165) is 5.39 Å². The Morgan fingerprint density at radius 1 is 0.674 bits per heavy atom. The third-order valence-electron chi connectivity index (χ3n) is 7.88. The summed E-state index contributed by atoms with van der Waals surface area (Å²) in [7, 11) is 4.28. The summed E-state index contributed by atoms with van der Waals surface area (Å²) in [5, 5.41) is 75.2. The summed E-state index contributed by atoms with van der Waals surface area (Å²) in [6.45, 7) is 1.05. The molecule has 2 aliphatic heterocycles. The van der Waals surface area contributed by atoms with E-state index in [1.165, 1.54) is 28.3 Å². The number of aliphatic hydroxyl groups excluding tert-OH is 6. The van der Waals surface area contributed by atoms with Gasteiger partial charge in [0.15, 0.2) is 29.3 Å². The predicted octanol–water partition coefficient (Wildman–Crippen LogP) is -0.245. The quantitative estimate of drug-likeness (QED) is 0.165. The first-order valence-electron chi connectivity index (χ1n) is 13.6. The van der Waals surface area contributed by atoms with Gasteiger partial charge in [0.1, 0.15) is 42.7 Å². The first-order valence-corrected chi connectivity index (χ1v) is 13.6. The zero-order chi connectivity index (χ0) is 31.2. The molecule has 10 unspecified atom stereocenters. The second-order valence-corrected chi connectivity index (χ2v) is 10.5. The minimum Gasteiger partial charge on any atom is -0.502 e. The average molecular weight is 609 g/mol. The normalized spacial score (nSPS) is 33.0. The van der Waals surface area contributed by atoms with Crippen molar-refractivity contribution in [2.75, 3.05) is 27.9 Å². The van der Waals surface area contributed by atoms with Crippen LogP contribution in [0.4, 0.5) is 0 Å². The summed E-state index contributed by atoms with van der Waals surface area (Å²) in [6.07, 6.45) is -14.4. The van der Waals surface area contributed by atoms with Crippen molar-refractivity contribution in [1.82, 2.24) is 0 Å². The Morgan fingerprint density at radius 3 is 2.00 bits per heavy atom. The van der Waals surface area contributed by atoms with Gasteiger partial charge in [0, 0.05) is 10.8 Å². The monoisotopic (exact) mass is 608 g/mol. The van der Waals surface area contributed by atoms with Gasteiger partial charge in [0.2, 0.25) is 12.0 Å². The third-order valence-corrected chi connectivity index (χ3v) is 7.88. The van der Waals surface area contributed by atoms with E-state index in [1.807, 2.05) is 0 Å². The Morgan fingerprint density at radius 2 is 1.33 bits per heavy atom. The zero-order valence-corrected chi connectivity index (χ0v) is 23.9. The highest BCUT2D eigenvalue weighted by molar-refractivity contribution is 6.14. The largest absolute Gasteiger partial charge is 0.502 e. The fraction of sp³-hybridized carbons (Fsp3) is 0.517. The molecule has 14 heteroatoms. The average Bonchev–Trinajstić information content (AvgIpc) is 3.01. The van der Waals surface area contributed by atoms with Crippen LogP contribution in [0.25, 0.3) is 21.5 Å². The zero-order valence-electron chi connectivity index (χ0n) is 23.9. The summed E-state index contributed by atoms with van der Waals surface area (Å²) in [4.78, 5) is 0. The Labute approximate surface area is 246 Å². The van der Waals surface area contributed by atoms with Crippen molar-refractivity contribution in [3.05, 3.63) is 30.3 Å². The molecule has 3 aromatic rings. The van der Waals surface area contributed by atoms with E-state index in [0.29, 0.717) is 16.2 Å². The van der Waals surface area contributed by atoms with E-state index in [-0.39, 0.29) is 28.7 Å². The molecular weight excluding hydrogens is 572 g/mol. The number of aliphatic hydroxyl groups is 6. The maximum Gasteiger partial charge on any atom is 0.229 e. The van der Waals surface area contributed by atoms with Crippen LogP contribution in [0.3, 0.4) is 0 Å². The SMILES string of the molecule is COc1cc2ccc3c(OC)c(OC4OC(COC5OC(C)C(O)C(O)C5O)C(O)C(O)C4O)ccc3c2c(OC)c1O. The minimum absolute atomic E-state index is 0.135. The van der Waals surface area contributed by atoms with Crippen LogP contribution in [-0.4, -0.2) is 125 Å². The van der Waals surface area contributed by atoms with Crippen molar-refractivity contribution in [1.29, 1.82) is 0 Å². The molecule has 0 saturated carbocycles. The van der Waals surface area contributed by atoms with E-state index in [4.69, 9.17) is 33.2 Å². The Kier molecular flexibility index (Phi) is 9.04. The number of phenolic OH excluding ortho intramolecular Hbond substituents is 1. The van der Waals surface area contributed by atoms with Gasteiger partial charge in [-0.05, 0) is 42.0 Å². The molecule has 2 heterocycles. The molecule has 0 spiro atoms. The molecule has 10 atom stereocenters. The lowest BCUT2D eigenvalue weighted by Crippen LogP contribution is -2.61. The number of fused-ring (bicyclic) bond motifs is 3. The van der Waals surface area contributed by atoms with Crippen LogP contribution in [0, 0.1) is 0 Å². The number of phenols is 1. The van der Waals surface area contributed by atoms with E-state index in [2.05, 4.69) is 0 Å². The van der Waals surface area contributed by atoms with E-state index < -0.39 is 68.0 Å². The lowest BCUT2D eigenvalue weighted by atomic mass is 9.98. The van der Waals surface area contributed by atoms with Gasteiger partial charge in [0.25, 0.3) is 0 Å². The van der Waals surface area contributed by atoms with Crippen LogP contribution in [0.1, 0.15) is 6.92 Å². The number of aromatic hydroxyl groups is 1. The van der Waals surface area contributed by atoms with Gasteiger partial charge >= 0.3 is 0 Å². The number of hydrogen-bond donors (Lipinski definition) is 7.